The molecule has 0 saturated carbocycles. The summed E-state index contributed by atoms with van der Waals surface area (Å²) in [4.78, 5) is 27.0. The zero-order chi connectivity index (χ0) is 29.3. The fourth-order valence-electron chi connectivity index (χ4n) is 6.49. The number of rotatable bonds is 6. The lowest BCUT2D eigenvalue weighted by Crippen LogP contribution is -2.30. The third kappa shape index (κ3) is 4.97. The first kappa shape index (κ1) is 26.7. The summed E-state index contributed by atoms with van der Waals surface area (Å²) in [6, 6.07) is 37.4. The third-order valence-corrected chi connectivity index (χ3v) is 8.43. The van der Waals surface area contributed by atoms with Gasteiger partial charge in [0, 0.05) is 29.3 Å². The van der Waals surface area contributed by atoms with Crippen molar-refractivity contribution in [2.24, 2.45) is 0 Å². The van der Waals surface area contributed by atoms with Crippen LogP contribution in [0.15, 0.2) is 127 Å². The van der Waals surface area contributed by atoms with Crippen molar-refractivity contribution in [3.05, 3.63) is 149 Å². The standard InChI is InChI=1S/C38H31NO4/c1-2-42-34-23-27(18-20-33(34)43-38(41)26-14-7-4-8-15-26)35-36-29-16-10-9-13-25(29)17-19-30(36)39-31-21-28(22-32(40)37(31)35)24-11-5-3-6-12-24/h3-20,23,28,35,39H,2,21-22H2,1H3/t28-,35-/m0/s1. The Morgan fingerprint density at radius 1 is 0.791 bits per heavy atom. The molecule has 0 spiro atoms. The predicted octanol–water partition coefficient (Wildman–Crippen LogP) is 8.42. The molecule has 7 rings (SSSR count). The Hall–Kier alpha value is -5.16. The summed E-state index contributed by atoms with van der Waals surface area (Å²) in [7, 11) is 0. The second-order valence-corrected chi connectivity index (χ2v) is 11.0. The lowest BCUT2D eigenvalue weighted by molar-refractivity contribution is -0.116. The van der Waals surface area contributed by atoms with Gasteiger partial charge in [-0.05, 0) is 77.1 Å². The molecule has 1 aliphatic carbocycles. The van der Waals surface area contributed by atoms with Gasteiger partial charge in [0.05, 0.1) is 12.2 Å². The van der Waals surface area contributed by atoms with Gasteiger partial charge < -0.3 is 14.8 Å². The quantitative estimate of drug-likeness (QED) is 0.165. The molecule has 5 heteroatoms. The molecule has 0 saturated heterocycles. The number of carbonyl (C=O) groups is 2. The van der Waals surface area contributed by atoms with E-state index in [4.69, 9.17) is 9.47 Å². The highest BCUT2D eigenvalue weighted by Gasteiger charge is 2.39. The van der Waals surface area contributed by atoms with Crippen molar-refractivity contribution < 1.29 is 19.1 Å². The molecular formula is C38H31NO4. The molecular weight excluding hydrogens is 534 g/mol. The normalized spacial score (nSPS) is 17.6. The van der Waals surface area contributed by atoms with Crippen molar-refractivity contribution in [1.82, 2.24) is 0 Å². The highest BCUT2D eigenvalue weighted by molar-refractivity contribution is 6.04. The van der Waals surface area contributed by atoms with Crippen molar-refractivity contribution >= 4 is 28.2 Å². The lowest BCUT2D eigenvalue weighted by atomic mass is 9.71. The molecule has 0 amide bonds. The molecule has 212 valence electrons. The van der Waals surface area contributed by atoms with Gasteiger partial charge in [-0.15, -0.1) is 0 Å². The maximum Gasteiger partial charge on any atom is 0.343 e. The second kappa shape index (κ2) is 11.3. The summed E-state index contributed by atoms with van der Waals surface area (Å²) < 4.78 is 11.8. The van der Waals surface area contributed by atoms with Gasteiger partial charge in [0.25, 0.3) is 0 Å². The Morgan fingerprint density at radius 3 is 2.33 bits per heavy atom. The average Bonchev–Trinajstić information content (AvgIpc) is 3.05. The van der Waals surface area contributed by atoms with E-state index in [1.54, 1.807) is 30.3 Å². The molecule has 2 atom stereocenters. The molecule has 0 radical (unpaired) electrons. The van der Waals surface area contributed by atoms with Crippen LogP contribution >= 0.6 is 0 Å². The van der Waals surface area contributed by atoms with Crippen LogP contribution in [0, 0.1) is 0 Å². The number of carbonyl (C=O) groups excluding carboxylic acids is 2. The van der Waals surface area contributed by atoms with Crippen LogP contribution in [0.3, 0.4) is 0 Å². The Kier molecular flexibility index (Phi) is 6.99. The molecule has 5 nitrogen and oxygen atoms in total. The van der Waals surface area contributed by atoms with Gasteiger partial charge in [-0.1, -0.05) is 84.9 Å². The van der Waals surface area contributed by atoms with Gasteiger partial charge in [-0.2, -0.15) is 0 Å². The first-order valence-electron chi connectivity index (χ1n) is 14.7. The summed E-state index contributed by atoms with van der Waals surface area (Å²) >= 11 is 0. The summed E-state index contributed by atoms with van der Waals surface area (Å²) in [5.41, 5.74) is 6.39. The summed E-state index contributed by atoms with van der Waals surface area (Å²) in [5, 5.41) is 5.88. The number of ketones is 1. The molecule has 43 heavy (non-hydrogen) atoms. The van der Waals surface area contributed by atoms with E-state index in [1.807, 2.05) is 55.5 Å². The molecule has 5 aromatic rings. The first-order chi connectivity index (χ1) is 21.1. The van der Waals surface area contributed by atoms with E-state index < -0.39 is 5.97 Å². The number of allylic oxidation sites excluding steroid dienone is 2. The zero-order valence-electron chi connectivity index (χ0n) is 23.9. The van der Waals surface area contributed by atoms with Gasteiger partial charge in [0.1, 0.15) is 0 Å². The summed E-state index contributed by atoms with van der Waals surface area (Å²) in [5.74, 6) is 0.314. The predicted molar refractivity (Wildman–Crippen MR) is 169 cm³/mol. The number of ether oxygens (including phenoxy) is 2. The molecule has 0 fully saturated rings. The number of Topliss-reactive ketones (excluding diaryl/α,β-unsaturated/α-hetero) is 1. The van der Waals surface area contributed by atoms with Gasteiger partial charge in [0.2, 0.25) is 0 Å². The maximum absolute atomic E-state index is 14.1. The molecule has 0 aromatic heterocycles. The smallest absolute Gasteiger partial charge is 0.343 e. The Balaban J connectivity index is 1.35. The van der Waals surface area contributed by atoms with Crippen molar-refractivity contribution in [1.29, 1.82) is 0 Å². The third-order valence-electron chi connectivity index (χ3n) is 8.43. The van der Waals surface area contributed by atoms with Crippen LogP contribution in [0.5, 0.6) is 11.5 Å². The van der Waals surface area contributed by atoms with E-state index in [0.29, 0.717) is 30.1 Å². The minimum atomic E-state index is -0.452. The first-order valence-corrected chi connectivity index (χ1v) is 14.7. The summed E-state index contributed by atoms with van der Waals surface area (Å²) in [6.45, 7) is 2.30. The van der Waals surface area contributed by atoms with E-state index in [-0.39, 0.29) is 17.6 Å². The number of anilines is 1. The van der Waals surface area contributed by atoms with Gasteiger partial charge >= 0.3 is 5.97 Å². The number of esters is 1. The molecule has 1 N–H and O–H groups in total. The van der Waals surface area contributed by atoms with Crippen LogP contribution < -0.4 is 14.8 Å². The largest absolute Gasteiger partial charge is 0.490 e. The van der Waals surface area contributed by atoms with Crippen molar-refractivity contribution in [3.8, 4) is 11.5 Å². The number of hydrogen-bond acceptors (Lipinski definition) is 5. The van der Waals surface area contributed by atoms with Crippen LogP contribution in [-0.2, 0) is 4.79 Å². The fourth-order valence-corrected chi connectivity index (χ4v) is 6.49. The molecule has 2 aliphatic rings. The lowest BCUT2D eigenvalue weighted by Gasteiger charge is -2.37. The van der Waals surface area contributed by atoms with Crippen LogP contribution in [-0.4, -0.2) is 18.4 Å². The van der Waals surface area contributed by atoms with E-state index in [9.17, 15) is 9.59 Å². The Morgan fingerprint density at radius 2 is 1.53 bits per heavy atom. The van der Waals surface area contributed by atoms with Crippen molar-refractivity contribution in [3.63, 3.8) is 0 Å². The number of benzene rings is 5. The minimum Gasteiger partial charge on any atom is -0.490 e. The zero-order valence-corrected chi connectivity index (χ0v) is 23.9. The van der Waals surface area contributed by atoms with Gasteiger partial charge in [-0.25, -0.2) is 4.79 Å². The molecule has 1 aliphatic heterocycles. The highest BCUT2D eigenvalue weighted by Crippen LogP contribution is 2.51. The Bertz CT molecular complexity index is 1880. The topological polar surface area (TPSA) is 64.6 Å². The van der Waals surface area contributed by atoms with E-state index >= 15 is 0 Å². The minimum absolute atomic E-state index is 0.112. The van der Waals surface area contributed by atoms with Gasteiger partial charge in [0.15, 0.2) is 17.3 Å². The van der Waals surface area contributed by atoms with E-state index in [1.165, 1.54) is 5.56 Å². The second-order valence-electron chi connectivity index (χ2n) is 11.0. The van der Waals surface area contributed by atoms with E-state index in [2.05, 4.69) is 41.7 Å². The monoisotopic (exact) mass is 565 g/mol. The van der Waals surface area contributed by atoms with Crippen LogP contribution in [0.2, 0.25) is 0 Å². The SMILES string of the molecule is CCOc1cc([C@@H]2C3=C(C[C@H](c4ccccc4)CC3=O)Nc3ccc4ccccc4c32)ccc1OC(=O)c1ccccc1. The van der Waals surface area contributed by atoms with Crippen LogP contribution in [0.25, 0.3) is 10.8 Å². The molecule has 5 aromatic carbocycles. The highest BCUT2D eigenvalue weighted by atomic mass is 16.6. The Labute approximate surface area is 250 Å². The van der Waals surface area contributed by atoms with Crippen LogP contribution in [0.4, 0.5) is 5.69 Å². The number of hydrogen-bond donors (Lipinski definition) is 1. The number of fused-ring (bicyclic) bond motifs is 3. The molecule has 0 bridgehead atoms. The molecule has 1 heterocycles. The fraction of sp³-hybridized carbons (Fsp3) is 0.158. The maximum atomic E-state index is 14.1. The number of nitrogens with one attached hydrogen (secondary N) is 1. The molecule has 0 unspecified atom stereocenters. The van der Waals surface area contributed by atoms with Crippen molar-refractivity contribution in [2.45, 2.75) is 31.6 Å². The average molecular weight is 566 g/mol. The van der Waals surface area contributed by atoms with E-state index in [0.717, 1.165) is 45.3 Å². The summed E-state index contributed by atoms with van der Waals surface area (Å²) in [6.07, 6.45) is 1.20. The van der Waals surface area contributed by atoms with Crippen LogP contribution in [0.1, 0.15) is 58.6 Å². The van der Waals surface area contributed by atoms with Crippen molar-refractivity contribution in [2.75, 3.05) is 11.9 Å². The van der Waals surface area contributed by atoms with Gasteiger partial charge in [-0.3, -0.25) is 4.79 Å².